The van der Waals surface area contributed by atoms with Crippen LogP contribution in [0.1, 0.15) is 25.0 Å². The smallest absolute Gasteiger partial charge is 0.239 e. The summed E-state index contributed by atoms with van der Waals surface area (Å²) in [4.78, 5) is 21.8. The molecule has 1 unspecified atom stereocenters. The standard InChI is InChI=1S/C13H18N2O3/c1-10(16)15-9-13(18)14-8-7-12(17)11-5-3-2-4-6-11/h2-6,12,17H,7-9H2,1H3,(H,14,18)(H,15,16). The zero-order valence-corrected chi connectivity index (χ0v) is 10.3. The molecule has 18 heavy (non-hydrogen) atoms. The third kappa shape index (κ3) is 5.45. The Morgan fingerprint density at radius 1 is 1.22 bits per heavy atom. The summed E-state index contributed by atoms with van der Waals surface area (Å²) in [6, 6.07) is 9.26. The molecule has 98 valence electrons. The number of carbonyl (C=O) groups excluding carboxylic acids is 2. The number of amides is 2. The van der Waals surface area contributed by atoms with Crippen LogP contribution in [0, 0.1) is 0 Å². The van der Waals surface area contributed by atoms with Gasteiger partial charge >= 0.3 is 0 Å². The Kier molecular flexibility index (Phi) is 5.87. The maximum absolute atomic E-state index is 11.3. The van der Waals surface area contributed by atoms with Gasteiger partial charge in [0.15, 0.2) is 0 Å². The Labute approximate surface area is 106 Å². The van der Waals surface area contributed by atoms with E-state index in [4.69, 9.17) is 0 Å². The van der Waals surface area contributed by atoms with Gasteiger partial charge in [0, 0.05) is 13.5 Å². The molecule has 0 aliphatic carbocycles. The van der Waals surface area contributed by atoms with E-state index < -0.39 is 6.10 Å². The lowest BCUT2D eigenvalue weighted by Gasteiger charge is -2.11. The number of carbonyl (C=O) groups is 2. The molecule has 0 spiro atoms. The SMILES string of the molecule is CC(=O)NCC(=O)NCCC(O)c1ccccc1. The summed E-state index contributed by atoms with van der Waals surface area (Å²) >= 11 is 0. The van der Waals surface area contributed by atoms with Gasteiger partial charge < -0.3 is 15.7 Å². The van der Waals surface area contributed by atoms with E-state index in [2.05, 4.69) is 10.6 Å². The third-order valence-corrected chi connectivity index (χ3v) is 2.42. The van der Waals surface area contributed by atoms with Gasteiger partial charge in [0.05, 0.1) is 12.6 Å². The van der Waals surface area contributed by atoms with Gasteiger partial charge in [0.25, 0.3) is 0 Å². The van der Waals surface area contributed by atoms with Crippen molar-refractivity contribution in [1.82, 2.24) is 10.6 Å². The van der Waals surface area contributed by atoms with E-state index in [1.807, 2.05) is 30.3 Å². The third-order valence-electron chi connectivity index (χ3n) is 2.42. The Bertz CT molecular complexity index is 392. The van der Waals surface area contributed by atoms with Gasteiger partial charge in [-0.25, -0.2) is 0 Å². The molecule has 0 aliphatic heterocycles. The zero-order chi connectivity index (χ0) is 13.4. The minimum absolute atomic E-state index is 0.0310. The normalized spacial score (nSPS) is 11.7. The van der Waals surface area contributed by atoms with Crippen LogP contribution < -0.4 is 10.6 Å². The predicted molar refractivity (Wildman–Crippen MR) is 67.7 cm³/mol. The molecule has 0 aliphatic rings. The van der Waals surface area contributed by atoms with Crippen molar-refractivity contribution in [3.8, 4) is 0 Å². The van der Waals surface area contributed by atoms with Crippen molar-refractivity contribution < 1.29 is 14.7 Å². The first kappa shape index (κ1) is 14.2. The van der Waals surface area contributed by atoms with Crippen LogP contribution in [0.5, 0.6) is 0 Å². The lowest BCUT2D eigenvalue weighted by Crippen LogP contribution is -2.36. The molecule has 1 aromatic carbocycles. The van der Waals surface area contributed by atoms with Crippen molar-refractivity contribution in [2.45, 2.75) is 19.4 Å². The number of aliphatic hydroxyl groups excluding tert-OH is 1. The van der Waals surface area contributed by atoms with Crippen LogP contribution in [-0.4, -0.2) is 30.0 Å². The molecule has 0 saturated carbocycles. The highest BCUT2D eigenvalue weighted by Gasteiger charge is 2.07. The van der Waals surface area contributed by atoms with Crippen LogP contribution in [-0.2, 0) is 9.59 Å². The molecule has 0 radical (unpaired) electrons. The molecule has 3 N–H and O–H groups in total. The fraction of sp³-hybridized carbons (Fsp3) is 0.385. The van der Waals surface area contributed by atoms with Gasteiger partial charge in [-0.15, -0.1) is 0 Å². The molecule has 5 nitrogen and oxygen atoms in total. The van der Waals surface area contributed by atoms with Crippen LogP contribution in [0.4, 0.5) is 0 Å². The number of hydrogen-bond acceptors (Lipinski definition) is 3. The Morgan fingerprint density at radius 2 is 1.89 bits per heavy atom. The topological polar surface area (TPSA) is 78.4 Å². The summed E-state index contributed by atoms with van der Waals surface area (Å²) in [6.45, 7) is 1.69. The fourth-order valence-corrected chi connectivity index (χ4v) is 1.46. The monoisotopic (exact) mass is 250 g/mol. The van der Waals surface area contributed by atoms with Crippen LogP contribution >= 0.6 is 0 Å². The largest absolute Gasteiger partial charge is 0.388 e. The highest BCUT2D eigenvalue weighted by Crippen LogP contribution is 2.14. The Balaban J connectivity index is 2.21. The van der Waals surface area contributed by atoms with E-state index >= 15 is 0 Å². The summed E-state index contributed by atoms with van der Waals surface area (Å²) in [6.07, 6.45) is -0.150. The second kappa shape index (κ2) is 7.45. The van der Waals surface area contributed by atoms with Gasteiger partial charge in [-0.2, -0.15) is 0 Å². The zero-order valence-electron chi connectivity index (χ0n) is 10.3. The van der Waals surface area contributed by atoms with E-state index in [-0.39, 0.29) is 18.4 Å². The number of nitrogens with one attached hydrogen (secondary N) is 2. The van der Waals surface area contributed by atoms with Crippen molar-refractivity contribution in [3.63, 3.8) is 0 Å². The van der Waals surface area contributed by atoms with E-state index in [0.29, 0.717) is 13.0 Å². The molecule has 0 saturated heterocycles. The van der Waals surface area contributed by atoms with Crippen LogP contribution in [0.2, 0.25) is 0 Å². The van der Waals surface area contributed by atoms with Gasteiger partial charge in [0.1, 0.15) is 0 Å². The van der Waals surface area contributed by atoms with Crippen LogP contribution in [0.15, 0.2) is 30.3 Å². The number of benzene rings is 1. The molecule has 1 atom stereocenters. The quantitative estimate of drug-likeness (QED) is 0.682. The Morgan fingerprint density at radius 3 is 2.50 bits per heavy atom. The van der Waals surface area contributed by atoms with Crippen molar-refractivity contribution in [2.24, 2.45) is 0 Å². The van der Waals surface area contributed by atoms with E-state index in [1.165, 1.54) is 6.92 Å². The number of rotatable bonds is 6. The van der Waals surface area contributed by atoms with E-state index in [0.717, 1.165) is 5.56 Å². The molecule has 0 bridgehead atoms. The van der Waals surface area contributed by atoms with Gasteiger partial charge in [-0.3, -0.25) is 9.59 Å². The highest BCUT2D eigenvalue weighted by molar-refractivity contribution is 5.83. The molecule has 1 aromatic rings. The Hall–Kier alpha value is -1.88. The van der Waals surface area contributed by atoms with Crippen molar-refractivity contribution in [3.05, 3.63) is 35.9 Å². The first-order chi connectivity index (χ1) is 8.59. The molecule has 0 fully saturated rings. The second-order valence-corrected chi connectivity index (χ2v) is 3.97. The first-order valence-corrected chi connectivity index (χ1v) is 5.83. The fourth-order valence-electron chi connectivity index (χ4n) is 1.46. The second-order valence-electron chi connectivity index (χ2n) is 3.97. The van der Waals surface area contributed by atoms with Crippen molar-refractivity contribution >= 4 is 11.8 Å². The summed E-state index contributed by atoms with van der Waals surface area (Å²) < 4.78 is 0. The first-order valence-electron chi connectivity index (χ1n) is 5.83. The van der Waals surface area contributed by atoms with Crippen LogP contribution in [0.25, 0.3) is 0 Å². The van der Waals surface area contributed by atoms with E-state index in [9.17, 15) is 14.7 Å². The molecule has 2 amide bonds. The molecule has 1 rings (SSSR count). The maximum atomic E-state index is 11.3. The maximum Gasteiger partial charge on any atom is 0.239 e. The molecular formula is C13H18N2O3. The molecule has 0 aromatic heterocycles. The summed E-state index contributed by atoms with van der Waals surface area (Å²) in [5.41, 5.74) is 0.827. The lowest BCUT2D eigenvalue weighted by atomic mass is 10.1. The van der Waals surface area contributed by atoms with Gasteiger partial charge in [-0.1, -0.05) is 30.3 Å². The predicted octanol–water partition coefficient (Wildman–Crippen LogP) is 0.362. The minimum Gasteiger partial charge on any atom is -0.388 e. The van der Waals surface area contributed by atoms with Crippen molar-refractivity contribution in [2.75, 3.05) is 13.1 Å². The summed E-state index contributed by atoms with van der Waals surface area (Å²) in [7, 11) is 0. The average molecular weight is 250 g/mol. The average Bonchev–Trinajstić information content (AvgIpc) is 2.37. The molecule has 0 heterocycles. The highest BCUT2D eigenvalue weighted by atomic mass is 16.3. The van der Waals surface area contributed by atoms with Gasteiger partial charge in [-0.05, 0) is 12.0 Å². The van der Waals surface area contributed by atoms with Crippen LogP contribution in [0.3, 0.4) is 0 Å². The molecule has 5 heteroatoms. The number of aliphatic hydroxyl groups is 1. The van der Waals surface area contributed by atoms with Gasteiger partial charge in [0.2, 0.25) is 11.8 Å². The lowest BCUT2D eigenvalue weighted by molar-refractivity contribution is -0.125. The van der Waals surface area contributed by atoms with E-state index in [1.54, 1.807) is 0 Å². The minimum atomic E-state index is -0.590. The summed E-state index contributed by atoms with van der Waals surface area (Å²) in [5, 5.41) is 14.9. The molecular weight excluding hydrogens is 232 g/mol. The van der Waals surface area contributed by atoms with Crippen molar-refractivity contribution in [1.29, 1.82) is 0 Å². The number of hydrogen-bond donors (Lipinski definition) is 3. The summed E-state index contributed by atoms with van der Waals surface area (Å²) in [5.74, 6) is -0.500.